The fourth-order valence-corrected chi connectivity index (χ4v) is 4.03. The molecule has 1 aromatic heterocycles. The number of aliphatic imine (C=N–C) groups is 1. The fraction of sp³-hybridized carbons (Fsp3) is 0.647. The maximum absolute atomic E-state index is 11.7. The van der Waals surface area contributed by atoms with Crippen molar-refractivity contribution >= 4 is 57.4 Å². The van der Waals surface area contributed by atoms with E-state index in [0.717, 1.165) is 31.3 Å². The molecule has 8 nitrogen and oxygen atoms in total. The smallest absolute Gasteiger partial charge is 0.213 e. The van der Waals surface area contributed by atoms with Gasteiger partial charge in [-0.2, -0.15) is 0 Å². The summed E-state index contributed by atoms with van der Waals surface area (Å²) in [5.41, 5.74) is 0. The van der Waals surface area contributed by atoms with Crippen LogP contribution in [0, 0.1) is 0 Å². The van der Waals surface area contributed by atoms with Gasteiger partial charge in [-0.15, -0.1) is 24.0 Å². The molecule has 1 aliphatic rings. The molecule has 2 heterocycles. The molecule has 0 aromatic carbocycles. The Balaban J connectivity index is 0.00000392. The minimum Gasteiger partial charge on any atom is -0.356 e. The Kier molecular flexibility index (Phi) is 10.8. The zero-order chi connectivity index (χ0) is 19.9. The highest BCUT2D eigenvalue weighted by molar-refractivity contribution is 14.0. The number of guanidine groups is 1. The van der Waals surface area contributed by atoms with Crippen molar-refractivity contribution in [2.75, 3.05) is 50.9 Å². The van der Waals surface area contributed by atoms with Crippen molar-refractivity contribution in [3.63, 3.8) is 0 Å². The molecule has 2 rings (SSSR count). The van der Waals surface area contributed by atoms with Crippen LogP contribution in [0.2, 0.25) is 5.02 Å². The van der Waals surface area contributed by atoms with Gasteiger partial charge in [0, 0.05) is 52.5 Å². The van der Waals surface area contributed by atoms with E-state index in [2.05, 4.69) is 25.5 Å². The van der Waals surface area contributed by atoms with E-state index in [4.69, 9.17) is 11.6 Å². The molecular weight excluding hydrogens is 515 g/mol. The molecule has 1 unspecified atom stereocenters. The second-order valence-electron chi connectivity index (χ2n) is 6.46. The summed E-state index contributed by atoms with van der Waals surface area (Å²) in [5.74, 6) is 1.65. The van der Waals surface area contributed by atoms with E-state index in [1.54, 1.807) is 27.2 Å². The van der Waals surface area contributed by atoms with Crippen LogP contribution in [0.25, 0.3) is 0 Å². The SMILES string of the molecule is CCS(=O)(=O)N(C)CCCNC(=NC)NC1CCN(c2ncccc2Cl)C1.I. The highest BCUT2D eigenvalue weighted by atomic mass is 127. The van der Waals surface area contributed by atoms with Gasteiger partial charge in [-0.3, -0.25) is 4.99 Å². The lowest BCUT2D eigenvalue weighted by Gasteiger charge is -2.20. The maximum atomic E-state index is 11.7. The van der Waals surface area contributed by atoms with Crippen molar-refractivity contribution in [3.05, 3.63) is 23.4 Å². The maximum Gasteiger partial charge on any atom is 0.213 e. The number of anilines is 1. The van der Waals surface area contributed by atoms with Crippen LogP contribution in [-0.2, 0) is 10.0 Å². The van der Waals surface area contributed by atoms with Crippen LogP contribution in [0.15, 0.2) is 23.3 Å². The first-order valence-corrected chi connectivity index (χ1v) is 11.1. The number of hydrogen-bond donors (Lipinski definition) is 2. The van der Waals surface area contributed by atoms with Crippen LogP contribution < -0.4 is 15.5 Å². The van der Waals surface area contributed by atoms with Gasteiger partial charge in [0.15, 0.2) is 5.96 Å². The minimum atomic E-state index is -3.12. The fourth-order valence-electron chi connectivity index (χ4n) is 2.94. The van der Waals surface area contributed by atoms with E-state index < -0.39 is 10.0 Å². The summed E-state index contributed by atoms with van der Waals surface area (Å²) < 4.78 is 24.9. The standard InChI is InChI=1S/C17H29ClN6O2S.HI/c1-4-27(25,26)23(3)11-6-10-21-17(19-2)22-14-8-12-24(13-14)16-15(18)7-5-9-20-16;/h5,7,9,14H,4,6,8,10-13H2,1-3H3,(H2,19,21,22);1H. The molecule has 160 valence electrons. The Bertz CT molecular complexity index is 749. The van der Waals surface area contributed by atoms with Crippen LogP contribution >= 0.6 is 35.6 Å². The topological polar surface area (TPSA) is 89.9 Å². The Labute approximate surface area is 190 Å². The summed E-state index contributed by atoms with van der Waals surface area (Å²) in [4.78, 5) is 10.8. The van der Waals surface area contributed by atoms with Crippen molar-refractivity contribution in [1.29, 1.82) is 0 Å². The molecule has 0 bridgehead atoms. The molecule has 0 saturated carbocycles. The number of aromatic nitrogens is 1. The lowest BCUT2D eigenvalue weighted by atomic mass is 10.3. The van der Waals surface area contributed by atoms with Crippen LogP contribution in [-0.4, -0.2) is 75.7 Å². The number of rotatable bonds is 8. The van der Waals surface area contributed by atoms with Crippen molar-refractivity contribution in [2.45, 2.75) is 25.8 Å². The number of nitrogens with zero attached hydrogens (tertiary/aromatic N) is 4. The molecule has 1 fully saturated rings. The normalized spacial score (nSPS) is 17.5. The molecular formula is C17H30ClIN6O2S. The van der Waals surface area contributed by atoms with Gasteiger partial charge in [0.25, 0.3) is 0 Å². The number of halogens is 2. The van der Waals surface area contributed by atoms with Crippen molar-refractivity contribution in [3.8, 4) is 0 Å². The number of sulfonamides is 1. The van der Waals surface area contributed by atoms with E-state index in [1.165, 1.54) is 4.31 Å². The van der Waals surface area contributed by atoms with E-state index in [-0.39, 0.29) is 35.8 Å². The van der Waals surface area contributed by atoms with E-state index in [0.29, 0.717) is 24.5 Å². The molecule has 1 atom stereocenters. The molecule has 0 aliphatic carbocycles. The number of hydrogen-bond acceptors (Lipinski definition) is 5. The average molecular weight is 545 g/mol. The van der Waals surface area contributed by atoms with Crippen LogP contribution in [0.3, 0.4) is 0 Å². The Morgan fingerprint density at radius 1 is 1.50 bits per heavy atom. The lowest BCUT2D eigenvalue weighted by molar-refractivity contribution is 0.461. The summed E-state index contributed by atoms with van der Waals surface area (Å²) in [6.45, 7) is 4.46. The molecule has 0 radical (unpaired) electrons. The summed E-state index contributed by atoms with van der Waals surface area (Å²) >= 11 is 6.23. The van der Waals surface area contributed by atoms with Crippen molar-refractivity contribution in [1.82, 2.24) is 19.9 Å². The molecule has 28 heavy (non-hydrogen) atoms. The summed E-state index contributed by atoms with van der Waals surface area (Å²) in [7, 11) is 0.219. The number of pyridine rings is 1. The third-order valence-electron chi connectivity index (χ3n) is 4.57. The quantitative estimate of drug-likeness (QED) is 0.224. The number of nitrogens with one attached hydrogen (secondary N) is 2. The summed E-state index contributed by atoms with van der Waals surface area (Å²) in [6.07, 6.45) is 3.42. The Hall–Kier alpha value is -0.850. The van der Waals surface area contributed by atoms with Crippen LogP contribution in [0.5, 0.6) is 0 Å². The highest BCUT2D eigenvalue weighted by Crippen LogP contribution is 2.25. The first kappa shape index (κ1) is 25.2. The molecule has 1 aliphatic heterocycles. The van der Waals surface area contributed by atoms with Gasteiger partial charge in [-0.05, 0) is 31.9 Å². The molecule has 1 aromatic rings. The summed E-state index contributed by atoms with van der Waals surface area (Å²) in [5, 5.41) is 7.31. The molecule has 0 spiro atoms. The van der Waals surface area contributed by atoms with E-state index in [9.17, 15) is 8.42 Å². The molecule has 11 heteroatoms. The van der Waals surface area contributed by atoms with Crippen molar-refractivity contribution in [2.24, 2.45) is 4.99 Å². The second-order valence-corrected chi connectivity index (χ2v) is 9.23. The molecule has 1 saturated heterocycles. The monoisotopic (exact) mass is 544 g/mol. The van der Waals surface area contributed by atoms with Crippen molar-refractivity contribution < 1.29 is 8.42 Å². The van der Waals surface area contributed by atoms with Crippen LogP contribution in [0.4, 0.5) is 5.82 Å². The summed E-state index contributed by atoms with van der Waals surface area (Å²) in [6, 6.07) is 3.92. The zero-order valence-corrected chi connectivity index (χ0v) is 20.5. The van der Waals surface area contributed by atoms with Gasteiger partial charge in [0.2, 0.25) is 10.0 Å². The van der Waals surface area contributed by atoms with Gasteiger partial charge >= 0.3 is 0 Å². The van der Waals surface area contributed by atoms with Crippen LogP contribution in [0.1, 0.15) is 19.8 Å². The predicted molar refractivity (Wildman–Crippen MR) is 126 cm³/mol. The third kappa shape index (κ3) is 7.20. The van der Waals surface area contributed by atoms with Gasteiger partial charge < -0.3 is 15.5 Å². The Morgan fingerprint density at radius 3 is 2.89 bits per heavy atom. The predicted octanol–water partition coefficient (Wildman–Crippen LogP) is 1.77. The van der Waals surface area contributed by atoms with E-state index >= 15 is 0 Å². The highest BCUT2D eigenvalue weighted by Gasteiger charge is 2.25. The lowest BCUT2D eigenvalue weighted by Crippen LogP contribution is -2.45. The van der Waals surface area contributed by atoms with Gasteiger partial charge in [0.1, 0.15) is 5.82 Å². The largest absolute Gasteiger partial charge is 0.356 e. The first-order chi connectivity index (χ1) is 12.9. The van der Waals surface area contributed by atoms with E-state index in [1.807, 2.05) is 12.1 Å². The third-order valence-corrected chi connectivity index (χ3v) is 6.73. The Morgan fingerprint density at radius 2 is 2.25 bits per heavy atom. The molecule has 2 N–H and O–H groups in total. The molecule has 0 amide bonds. The average Bonchev–Trinajstić information content (AvgIpc) is 3.12. The second kappa shape index (κ2) is 12.0. The first-order valence-electron chi connectivity index (χ1n) is 9.14. The zero-order valence-electron chi connectivity index (χ0n) is 16.6. The van der Waals surface area contributed by atoms with Gasteiger partial charge in [-0.25, -0.2) is 17.7 Å². The van der Waals surface area contributed by atoms with Gasteiger partial charge in [0.05, 0.1) is 10.8 Å². The minimum absolute atomic E-state index is 0. The van der Waals surface area contributed by atoms with Gasteiger partial charge in [-0.1, -0.05) is 11.6 Å².